The van der Waals surface area contributed by atoms with Gasteiger partial charge < -0.3 is 14.4 Å². The second kappa shape index (κ2) is 8.05. The van der Waals surface area contributed by atoms with Gasteiger partial charge in [0.05, 0.1) is 0 Å². The maximum atomic E-state index is 5.21. The van der Waals surface area contributed by atoms with Gasteiger partial charge in [-0.05, 0) is 27.6 Å². The fraction of sp³-hybridized carbons (Fsp3) is 1.00. The minimum atomic E-state index is -0.130. The summed E-state index contributed by atoms with van der Waals surface area (Å²) in [6.07, 6.45) is -0.130. The summed E-state index contributed by atoms with van der Waals surface area (Å²) in [6, 6.07) is 0.512. The highest BCUT2D eigenvalue weighted by Crippen LogP contribution is 2.03. The third kappa shape index (κ3) is 6.10. The largest absolute Gasteiger partial charge is 0.355 e. The van der Waals surface area contributed by atoms with Crippen LogP contribution in [0.5, 0.6) is 0 Å². The third-order valence-corrected chi connectivity index (χ3v) is 2.57. The molecule has 0 aliphatic heterocycles. The van der Waals surface area contributed by atoms with Gasteiger partial charge in [-0.3, -0.25) is 4.90 Å². The first-order chi connectivity index (χ1) is 7.04. The molecular weight excluding hydrogens is 192 g/mol. The number of hydrogen-bond acceptors (Lipinski definition) is 4. The summed E-state index contributed by atoms with van der Waals surface area (Å²) >= 11 is 0. The SMILES string of the molecule is CCN(CC(OC)OC)C(C)CN(C)C. The summed E-state index contributed by atoms with van der Waals surface area (Å²) in [6.45, 7) is 7.27. The number of likely N-dealkylation sites (N-methyl/N-ethyl adjacent to an activating group) is 2. The Hall–Kier alpha value is -0.160. The Bertz CT molecular complexity index is 150. The van der Waals surface area contributed by atoms with Crippen LogP contribution in [-0.4, -0.2) is 70.1 Å². The van der Waals surface area contributed by atoms with E-state index in [1.807, 2.05) is 0 Å². The second-order valence-electron chi connectivity index (χ2n) is 4.10. The molecule has 0 aliphatic rings. The molecule has 0 bridgehead atoms. The van der Waals surface area contributed by atoms with Crippen LogP contribution in [0.25, 0.3) is 0 Å². The molecule has 0 aromatic carbocycles. The zero-order chi connectivity index (χ0) is 11.8. The minimum absolute atomic E-state index is 0.130. The smallest absolute Gasteiger partial charge is 0.169 e. The van der Waals surface area contributed by atoms with Gasteiger partial charge in [-0.25, -0.2) is 0 Å². The van der Waals surface area contributed by atoms with Crippen molar-refractivity contribution in [3.8, 4) is 0 Å². The quantitative estimate of drug-likeness (QED) is 0.565. The first-order valence-corrected chi connectivity index (χ1v) is 5.49. The molecule has 4 heteroatoms. The van der Waals surface area contributed by atoms with Gasteiger partial charge >= 0.3 is 0 Å². The third-order valence-electron chi connectivity index (χ3n) is 2.57. The molecule has 0 spiro atoms. The zero-order valence-corrected chi connectivity index (χ0v) is 11.0. The number of ether oxygens (including phenoxy) is 2. The van der Waals surface area contributed by atoms with E-state index in [0.717, 1.165) is 19.6 Å². The lowest BCUT2D eigenvalue weighted by Crippen LogP contribution is -2.44. The monoisotopic (exact) mass is 218 g/mol. The predicted octanol–water partition coefficient (Wildman–Crippen LogP) is 0.877. The minimum Gasteiger partial charge on any atom is -0.355 e. The van der Waals surface area contributed by atoms with E-state index in [-0.39, 0.29) is 6.29 Å². The molecule has 0 heterocycles. The summed E-state index contributed by atoms with van der Waals surface area (Å²) in [5.74, 6) is 0. The Morgan fingerprint density at radius 1 is 1.07 bits per heavy atom. The van der Waals surface area contributed by atoms with Crippen LogP contribution in [0, 0.1) is 0 Å². The number of rotatable bonds is 8. The lowest BCUT2D eigenvalue weighted by Gasteiger charge is -2.31. The molecule has 0 radical (unpaired) electrons. The highest BCUT2D eigenvalue weighted by molar-refractivity contribution is 4.69. The van der Waals surface area contributed by atoms with Crippen LogP contribution in [0.4, 0.5) is 0 Å². The van der Waals surface area contributed by atoms with Gasteiger partial charge in [-0.2, -0.15) is 0 Å². The van der Waals surface area contributed by atoms with Crippen molar-refractivity contribution in [2.45, 2.75) is 26.2 Å². The maximum absolute atomic E-state index is 5.21. The fourth-order valence-corrected chi connectivity index (χ4v) is 1.70. The standard InChI is InChI=1S/C11H26N2O2/c1-7-13(9-11(14-5)15-6)10(2)8-12(3)4/h10-11H,7-9H2,1-6H3. The number of hydrogen-bond donors (Lipinski definition) is 0. The number of nitrogens with zero attached hydrogens (tertiary/aromatic N) is 2. The van der Waals surface area contributed by atoms with E-state index in [4.69, 9.17) is 9.47 Å². The summed E-state index contributed by atoms with van der Waals surface area (Å²) in [4.78, 5) is 4.56. The summed E-state index contributed by atoms with van der Waals surface area (Å²) in [5.41, 5.74) is 0. The molecular formula is C11H26N2O2. The molecule has 0 aromatic rings. The predicted molar refractivity (Wildman–Crippen MR) is 63.1 cm³/mol. The maximum Gasteiger partial charge on any atom is 0.169 e. The molecule has 0 rings (SSSR count). The molecule has 0 fully saturated rings. The number of methoxy groups -OCH3 is 2. The van der Waals surface area contributed by atoms with E-state index in [1.165, 1.54) is 0 Å². The first kappa shape index (κ1) is 14.8. The molecule has 4 nitrogen and oxygen atoms in total. The second-order valence-corrected chi connectivity index (χ2v) is 4.10. The van der Waals surface area contributed by atoms with Gasteiger partial charge in [0, 0.05) is 33.4 Å². The molecule has 1 atom stereocenters. The summed E-state index contributed by atoms with van der Waals surface area (Å²) in [7, 11) is 7.54. The average Bonchev–Trinajstić information content (AvgIpc) is 2.18. The Balaban J connectivity index is 4.09. The molecule has 0 amide bonds. The van der Waals surface area contributed by atoms with E-state index >= 15 is 0 Å². The van der Waals surface area contributed by atoms with Crippen LogP contribution in [0.15, 0.2) is 0 Å². The lowest BCUT2D eigenvalue weighted by molar-refractivity contribution is -0.120. The van der Waals surface area contributed by atoms with Crippen molar-refractivity contribution in [3.63, 3.8) is 0 Å². The van der Waals surface area contributed by atoms with Gasteiger partial charge in [0.1, 0.15) is 0 Å². The first-order valence-electron chi connectivity index (χ1n) is 5.49. The van der Waals surface area contributed by atoms with Gasteiger partial charge in [-0.1, -0.05) is 6.92 Å². The molecule has 92 valence electrons. The molecule has 0 aliphatic carbocycles. The van der Waals surface area contributed by atoms with Gasteiger partial charge in [0.15, 0.2) is 6.29 Å². The Morgan fingerprint density at radius 3 is 1.93 bits per heavy atom. The van der Waals surface area contributed by atoms with Crippen LogP contribution in [0.3, 0.4) is 0 Å². The zero-order valence-electron chi connectivity index (χ0n) is 11.0. The van der Waals surface area contributed by atoms with E-state index in [9.17, 15) is 0 Å². The van der Waals surface area contributed by atoms with Crippen LogP contribution in [-0.2, 0) is 9.47 Å². The van der Waals surface area contributed by atoms with Crippen LogP contribution in [0.1, 0.15) is 13.8 Å². The van der Waals surface area contributed by atoms with E-state index < -0.39 is 0 Å². The van der Waals surface area contributed by atoms with Crippen molar-refractivity contribution >= 4 is 0 Å². The topological polar surface area (TPSA) is 24.9 Å². The molecule has 0 aromatic heterocycles. The Kier molecular flexibility index (Phi) is 7.96. The van der Waals surface area contributed by atoms with Crippen molar-refractivity contribution in [1.82, 2.24) is 9.80 Å². The summed E-state index contributed by atoms with van der Waals surface area (Å²) < 4.78 is 10.4. The lowest BCUT2D eigenvalue weighted by atomic mass is 10.2. The van der Waals surface area contributed by atoms with Crippen molar-refractivity contribution in [2.75, 3.05) is 47.9 Å². The molecule has 0 saturated carbocycles. The van der Waals surface area contributed by atoms with Crippen LogP contribution in [0.2, 0.25) is 0 Å². The van der Waals surface area contributed by atoms with E-state index in [2.05, 4.69) is 37.7 Å². The van der Waals surface area contributed by atoms with Gasteiger partial charge in [0.2, 0.25) is 0 Å². The van der Waals surface area contributed by atoms with Gasteiger partial charge in [0.25, 0.3) is 0 Å². The molecule has 0 saturated heterocycles. The highest BCUT2D eigenvalue weighted by atomic mass is 16.7. The van der Waals surface area contributed by atoms with Crippen LogP contribution < -0.4 is 0 Å². The average molecular weight is 218 g/mol. The molecule has 1 unspecified atom stereocenters. The van der Waals surface area contributed by atoms with Crippen molar-refractivity contribution < 1.29 is 9.47 Å². The Labute approximate surface area is 94.1 Å². The van der Waals surface area contributed by atoms with Crippen molar-refractivity contribution in [2.24, 2.45) is 0 Å². The van der Waals surface area contributed by atoms with Crippen molar-refractivity contribution in [1.29, 1.82) is 0 Å². The highest BCUT2D eigenvalue weighted by Gasteiger charge is 2.17. The van der Waals surface area contributed by atoms with Crippen LogP contribution >= 0.6 is 0 Å². The molecule has 0 N–H and O–H groups in total. The summed E-state index contributed by atoms with van der Waals surface area (Å²) in [5, 5.41) is 0. The van der Waals surface area contributed by atoms with E-state index in [0.29, 0.717) is 6.04 Å². The van der Waals surface area contributed by atoms with E-state index in [1.54, 1.807) is 14.2 Å². The van der Waals surface area contributed by atoms with Crippen molar-refractivity contribution in [3.05, 3.63) is 0 Å². The normalized spacial score (nSPS) is 14.2. The van der Waals surface area contributed by atoms with Gasteiger partial charge in [-0.15, -0.1) is 0 Å². The Morgan fingerprint density at radius 2 is 1.60 bits per heavy atom. The molecule has 15 heavy (non-hydrogen) atoms. The fourth-order valence-electron chi connectivity index (χ4n) is 1.70.